The molecule has 140 valence electrons. The highest BCUT2D eigenvalue weighted by Gasteiger charge is 2.39. The van der Waals surface area contributed by atoms with Gasteiger partial charge in [-0.25, -0.2) is 17.6 Å². The molecular weight excluding hydrogens is 365 g/mol. The summed E-state index contributed by atoms with van der Waals surface area (Å²) in [5.74, 6) is -1.64. The van der Waals surface area contributed by atoms with Gasteiger partial charge in [-0.3, -0.25) is 14.5 Å². The van der Waals surface area contributed by atoms with E-state index in [4.69, 9.17) is 0 Å². The molecule has 2 aliphatic heterocycles. The summed E-state index contributed by atoms with van der Waals surface area (Å²) >= 11 is 0. The van der Waals surface area contributed by atoms with Gasteiger partial charge in [0.25, 0.3) is 5.91 Å². The number of benzene rings is 1. The Morgan fingerprint density at radius 2 is 2.12 bits per heavy atom. The molecule has 1 aromatic rings. The van der Waals surface area contributed by atoms with Crippen LogP contribution in [-0.2, 0) is 26.0 Å². The maximum atomic E-state index is 13.2. The Labute approximate surface area is 149 Å². The van der Waals surface area contributed by atoms with Crippen molar-refractivity contribution in [2.24, 2.45) is 0 Å². The summed E-state index contributed by atoms with van der Waals surface area (Å²) in [4.78, 5) is 37.3. The number of urea groups is 1. The van der Waals surface area contributed by atoms with Gasteiger partial charge in [-0.15, -0.1) is 0 Å². The average Bonchev–Trinajstić information content (AvgIpc) is 3.01. The average molecular weight is 383 g/mol. The number of halogens is 1. The van der Waals surface area contributed by atoms with Gasteiger partial charge in [0.05, 0.1) is 24.5 Å². The largest absolute Gasteiger partial charge is 0.352 e. The van der Waals surface area contributed by atoms with Gasteiger partial charge < -0.3 is 10.6 Å². The van der Waals surface area contributed by atoms with Gasteiger partial charge in [-0.2, -0.15) is 0 Å². The standard InChI is InChI=1S/C16H18FN3O5S/c17-11-3-1-2-10(6-11)8-20-15(22)13(19-16(20)23)7-14(21)18-12-4-5-26(24,25)9-12/h1-3,6,12-13H,4-5,7-9H2,(H,18,21)(H,19,23)/t12-,13-/m1/s1. The zero-order valence-corrected chi connectivity index (χ0v) is 14.6. The summed E-state index contributed by atoms with van der Waals surface area (Å²) < 4.78 is 36.0. The fourth-order valence-corrected chi connectivity index (χ4v) is 4.74. The van der Waals surface area contributed by atoms with Crippen molar-refractivity contribution in [3.8, 4) is 0 Å². The maximum absolute atomic E-state index is 13.2. The first-order valence-electron chi connectivity index (χ1n) is 8.09. The van der Waals surface area contributed by atoms with E-state index in [9.17, 15) is 27.2 Å². The second-order valence-corrected chi connectivity index (χ2v) is 8.66. The van der Waals surface area contributed by atoms with Crippen molar-refractivity contribution >= 4 is 27.7 Å². The number of imide groups is 1. The molecule has 2 aliphatic rings. The van der Waals surface area contributed by atoms with Crippen molar-refractivity contribution < 1.29 is 27.2 Å². The first-order valence-corrected chi connectivity index (χ1v) is 9.92. The van der Waals surface area contributed by atoms with Gasteiger partial charge in [-0.1, -0.05) is 12.1 Å². The summed E-state index contributed by atoms with van der Waals surface area (Å²) in [6, 6.07) is 3.40. The summed E-state index contributed by atoms with van der Waals surface area (Å²) in [7, 11) is -3.13. The quantitative estimate of drug-likeness (QED) is 0.692. The van der Waals surface area contributed by atoms with Crippen molar-refractivity contribution in [2.75, 3.05) is 11.5 Å². The Kier molecular flexibility index (Phi) is 4.94. The Balaban J connectivity index is 1.57. The van der Waals surface area contributed by atoms with E-state index in [2.05, 4.69) is 10.6 Å². The second-order valence-electron chi connectivity index (χ2n) is 6.43. The van der Waals surface area contributed by atoms with Gasteiger partial charge in [0, 0.05) is 6.04 Å². The molecule has 0 radical (unpaired) electrons. The lowest BCUT2D eigenvalue weighted by atomic mass is 10.1. The Bertz CT molecular complexity index is 857. The first kappa shape index (κ1) is 18.3. The Morgan fingerprint density at radius 1 is 1.35 bits per heavy atom. The molecule has 2 heterocycles. The number of nitrogens with zero attached hydrogens (tertiary/aromatic N) is 1. The highest BCUT2D eigenvalue weighted by Crippen LogP contribution is 2.16. The fraction of sp³-hybridized carbons (Fsp3) is 0.438. The van der Waals surface area contributed by atoms with Crippen LogP contribution in [0.3, 0.4) is 0 Å². The number of hydrogen-bond acceptors (Lipinski definition) is 5. The third-order valence-corrected chi connectivity index (χ3v) is 6.09. The normalized spacial score (nSPS) is 24.6. The number of hydrogen-bond donors (Lipinski definition) is 2. The lowest BCUT2D eigenvalue weighted by molar-refractivity contribution is -0.131. The van der Waals surface area contributed by atoms with Crippen LogP contribution < -0.4 is 10.6 Å². The zero-order valence-electron chi connectivity index (χ0n) is 13.8. The van der Waals surface area contributed by atoms with Crippen molar-refractivity contribution in [1.82, 2.24) is 15.5 Å². The van der Waals surface area contributed by atoms with E-state index in [0.717, 1.165) is 4.90 Å². The topological polar surface area (TPSA) is 113 Å². The smallest absolute Gasteiger partial charge is 0.325 e. The molecule has 0 aliphatic carbocycles. The number of carbonyl (C=O) groups is 3. The minimum atomic E-state index is -3.13. The first-order chi connectivity index (χ1) is 12.2. The fourth-order valence-electron chi connectivity index (χ4n) is 3.06. The molecular formula is C16H18FN3O5S. The molecule has 1 aromatic carbocycles. The number of rotatable bonds is 5. The van der Waals surface area contributed by atoms with Crippen LogP contribution in [0, 0.1) is 5.82 Å². The lowest BCUT2D eigenvalue weighted by Crippen LogP contribution is -2.41. The van der Waals surface area contributed by atoms with Crippen molar-refractivity contribution in [3.63, 3.8) is 0 Å². The predicted octanol–water partition coefficient (Wildman–Crippen LogP) is -0.0605. The highest BCUT2D eigenvalue weighted by atomic mass is 32.2. The molecule has 8 nitrogen and oxygen atoms in total. The molecule has 26 heavy (non-hydrogen) atoms. The third-order valence-electron chi connectivity index (χ3n) is 4.32. The molecule has 2 N–H and O–H groups in total. The van der Waals surface area contributed by atoms with Crippen LogP contribution in [0.15, 0.2) is 24.3 Å². The summed E-state index contributed by atoms with van der Waals surface area (Å²) in [6.07, 6.45) is 0.0610. The molecule has 0 saturated carbocycles. The second kappa shape index (κ2) is 7.02. The van der Waals surface area contributed by atoms with E-state index in [0.29, 0.717) is 12.0 Å². The van der Waals surface area contributed by atoms with Crippen LogP contribution in [-0.4, -0.2) is 54.8 Å². The van der Waals surface area contributed by atoms with Gasteiger partial charge in [0.1, 0.15) is 11.9 Å². The minimum Gasteiger partial charge on any atom is -0.352 e. The number of nitrogens with one attached hydrogen (secondary N) is 2. The minimum absolute atomic E-state index is 0.0262. The van der Waals surface area contributed by atoms with Crippen molar-refractivity contribution in [1.29, 1.82) is 0 Å². The van der Waals surface area contributed by atoms with Gasteiger partial charge >= 0.3 is 6.03 Å². The van der Waals surface area contributed by atoms with Gasteiger partial charge in [-0.05, 0) is 24.1 Å². The van der Waals surface area contributed by atoms with Gasteiger partial charge in [0.15, 0.2) is 9.84 Å². The molecule has 0 spiro atoms. The van der Waals surface area contributed by atoms with Gasteiger partial charge in [0.2, 0.25) is 5.91 Å². The molecule has 10 heteroatoms. The highest BCUT2D eigenvalue weighted by molar-refractivity contribution is 7.91. The lowest BCUT2D eigenvalue weighted by Gasteiger charge is -2.14. The molecule has 0 unspecified atom stereocenters. The molecule has 0 bridgehead atoms. The van der Waals surface area contributed by atoms with Crippen LogP contribution in [0.1, 0.15) is 18.4 Å². The van der Waals surface area contributed by atoms with Crippen molar-refractivity contribution in [2.45, 2.75) is 31.5 Å². The van der Waals surface area contributed by atoms with Crippen molar-refractivity contribution in [3.05, 3.63) is 35.6 Å². The maximum Gasteiger partial charge on any atom is 0.325 e. The monoisotopic (exact) mass is 383 g/mol. The molecule has 2 saturated heterocycles. The number of sulfone groups is 1. The van der Waals surface area contributed by atoms with E-state index in [1.54, 1.807) is 6.07 Å². The molecule has 0 aromatic heterocycles. The van der Waals surface area contributed by atoms with E-state index in [1.807, 2.05) is 0 Å². The molecule has 4 amide bonds. The zero-order chi connectivity index (χ0) is 18.9. The number of carbonyl (C=O) groups excluding carboxylic acids is 3. The summed E-state index contributed by atoms with van der Waals surface area (Å²) in [5.41, 5.74) is 0.453. The molecule has 2 fully saturated rings. The van der Waals surface area contributed by atoms with Crippen LogP contribution in [0.25, 0.3) is 0 Å². The summed E-state index contributed by atoms with van der Waals surface area (Å²) in [5, 5.41) is 5.00. The number of amides is 4. The molecule has 2 atom stereocenters. The molecule has 3 rings (SSSR count). The van der Waals surface area contributed by atoms with Crippen LogP contribution >= 0.6 is 0 Å². The van der Waals surface area contributed by atoms with Crippen LogP contribution in [0.5, 0.6) is 0 Å². The van der Waals surface area contributed by atoms with E-state index >= 15 is 0 Å². The SMILES string of the molecule is O=C(C[C@H]1NC(=O)N(Cc2cccc(F)c2)C1=O)N[C@@H]1CCS(=O)(=O)C1. The third kappa shape index (κ3) is 4.18. The Hall–Kier alpha value is -2.49. The van der Waals surface area contributed by atoms with E-state index in [1.165, 1.54) is 18.2 Å². The predicted molar refractivity (Wildman–Crippen MR) is 89.1 cm³/mol. The summed E-state index contributed by atoms with van der Waals surface area (Å²) in [6.45, 7) is -0.0958. The van der Waals surface area contributed by atoms with E-state index < -0.39 is 45.6 Å². The van der Waals surface area contributed by atoms with E-state index in [-0.39, 0.29) is 24.5 Å². The van der Waals surface area contributed by atoms with Crippen LogP contribution in [0.4, 0.5) is 9.18 Å². The van der Waals surface area contributed by atoms with Crippen LogP contribution in [0.2, 0.25) is 0 Å². The Morgan fingerprint density at radius 3 is 2.77 bits per heavy atom.